The molecule has 2 heterocycles. The number of carbonyl (C=O) groups is 1. The summed E-state index contributed by atoms with van der Waals surface area (Å²) in [4.78, 5) is 37.0. The van der Waals surface area contributed by atoms with Crippen LogP contribution in [0.3, 0.4) is 0 Å². The Balaban J connectivity index is 2.27. The molecule has 5 N–H and O–H groups in total. The molecule has 0 spiro atoms. The van der Waals surface area contributed by atoms with Gasteiger partial charge in [0.05, 0.1) is 17.7 Å². The van der Waals surface area contributed by atoms with E-state index in [2.05, 4.69) is 5.09 Å². The van der Waals surface area contributed by atoms with E-state index in [0.717, 1.165) is 0 Å². The fourth-order valence-electron chi connectivity index (χ4n) is 2.93. The second-order valence-corrected chi connectivity index (χ2v) is 8.57. The van der Waals surface area contributed by atoms with Crippen LogP contribution in [0.1, 0.15) is 27.0 Å². The van der Waals surface area contributed by atoms with Crippen molar-refractivity contribution < 1.29 is 32.9 Å². The summed E-state index contributed by atoms with van der Waals surface area (Å²) in [5, 5.41) is 10.4. The van der Waals surface area contributed by atoms with Crippen LogP contribution < -0.4 is 22.1 Å². The fourth-order valence-corrected chi connectivity index (χ4v) is 3.80. The first-order valence-corrected chi connectivity index (χ1v) is 10.6. The van der Waals surface area contributed by atoms with E-state index in [1.165, 1.54) is 6.92 Å². The summed E-state index contributed by atoms with van der Waals surface area (Å²) in [6.07, 6.45) is -0.0279. The van der Waals surface area contributed by atoms with E-state index >= 15 is 0 Å². The molecule has 12 nitrogen and oxygen atoms in total. The van der Waals surface area contributed by atoms with Crippen LogP contribution in [0, 0.1) is 18.2 Å². The molecule has 3 unspecified atom stereocenters. The second kappa shape index (κ2) is 9.89. The number of halogens is 1. The zero-order chi connectivity index (χ0) is 25.3. The van der Waals surface area contributed by atoms with Crippen molar-refractivity contribution in [1.82, 2.24) is 14.6 Å². The molecule has 174 valence electrons. The van der Waals surface area contributed by atoms with Gasteiger partial charge in [-0.05, 0) is 25.3 Å². The SMILES string of the molecule is [B]C([B])(O[P+](=O)N[C@@H](C)C(=O)OC(C)C)C1O[C@@H](n2cc(F)c(=O)[nH]c2=O)[C@@](N)(C#C)C1O. The number of nitrogens with zero attached hydrogens (tertiary/aromatic N) is 1. The molecule has 33 heavy (non-hydrogen) atoms. The van der Waals surface area contributed by atoms with Gasteiger partial charge in [-0.15, -0.1) is 10.9 Å². The molecule has 0 aliphatic carbocycles. The molecular formula is C17H21B2FN4O8P+. The number of aliphatic hydroxyl groups excluding tert-OH is 1. The molecule has 0 bridgehead atoms. The number of nitrogens with one attached hydrogen (secondary N) is 2. The number of rotatable bonds is 8. The van der Waals surface area contributed by atoms with Gasteiger partial charge in [0.25, 0.3) is 5.56 Å². The van der Waals surface area contributed by atoms with Gasteiger partial charge in [0.2, 0.25) is 5.82 Å². The molecular weight excluding hydrogens is 460 g/mol. The van der Waals surface area contributed by atoms with Gasteiger partial charge < -0.3 is 20.3 Å². The van der Waals surface area contributed by atoms with Gasteiger partial charge in [-0.2, -0.15) is 4.39 Å². The van der Waals surface area contributed by atoms with Crippen LogP contribution in [-0.2, 0) is 23.4 Å². The first-order valence-electron chi connectivity index (χ1n) is 9.46. The van der Waals surface area contributed by atoms with Gasteiger partial charge in [-0.3, -0.25) is 19.1 Å². The van der Waals surface area contributed by atoms with Gasteiger partial charge in [0, 0.05) is 0 Å². The highest BCUT2D eigenvalue weighted by Gasteiger charge is 2.60. The van der Waals surface area contributed by atoms with Crippen LogP contribution in [0.25, 0.3) is 0 Å². The summed E-state index contributed by atoms with van der Waals surface area (Å²) in [6.45, 7) is 4.57. The number of nitrogens with two attached hydrogens (primary N) is 1. The predicted octanol–water partition coefficient (Wildman–Crippen LogP) is -2.14. The monoisotopic (exact) mass is 481 g/mol. The van der Waals surface area contributed by atoms with Gasteiger partial charge in [0.1, 0.15) is 33.9 Å². The highest BCUT2D eigenvalue weighted by molar-refractivity contribution is 7.37. The van der Waals surface area contributed by atoms with Gasteiger partial charge in [0.15, 0.2) is 11.8 Å². The van der Waals surface area contributed by atoms with Crippen molar-refractivity contribution in [2.75, 3.05) is 0 Å². The number of terminal acetylenes is 1. The van der Waals surface area contributed by atoms with Gasteiger partial charge >= 0.3 is 19.8 Å². The van der Waals surface area contributed by atoms with E-state index in [4.69, 9.17) is 41.8 Å². The van der Waals surface area contributed by atoms with Crippen molar-refractivity contribution in [3.8, 4) is 12.3 Å². The lowest BCUT2D eigenvalue weighted by molar-refractivity contribution is -0.149. The van der Waals surface area contributed by atoms with Crippen molar-refractivity contribution in [2.24, 2.45) is 5.73 Å². The van der Waals surface area contributed by atoms with Crippen molar-refractivity contribution in [2.45, 2.75) is 62.3 Å². The zero-order valence-corrected chi connectivity index (χ0v) is 18.7. The Morgan fingerprint density at radius 2 is 2.12 bits per heavy atom. The number of aromatic nitrogens is 2. The van der Waals surface area contributed by atoms with E-state index in [9.17, 15) is 28.4 Å². The Kier molecular flexibility index (Phi) is 8.06. The van der Waals surface area contributed by atoms with Crippen LogP contribution in [0.15, 0.2) is 15.8 Å². The Morgan fingerprint density at radius 1 is 1.52 bits per heavy atom. The normalized spacial score (nSPS) is 26.6. The number of esters is 1. The molecule has 4 radical (unpaired) electrons. The van der Waals surface area contributed by atoms with E-state index in [0.29, 0.717) is 10.8 Å². The molecule has 0 amide bonds. The van der Waals surface area contributed by atoms with Crippen LogP contribution in [0.4, 0.5) is 4.39 Å². The lowest BCUT2D eigenvalue weighted by atomic mass is 9.60. The van der Waals surface area contributed by atoms with Gasteiger partial charge in [-0.1, -0.05) is 11.0 Å². The summed E-state index contributed by atoms with van der Waals surface area (Å²) in [7, 11) is 8.75. The molecule has 0 saturated carbocycles. The number of hydrogen-bond donors (Lipinski definition) is 4. The molecule has 1 saturated heterocycles. The van der Waals surface area contributed by atoms with Crippen molar-refractivity contribution >= 4 is 29.8 Å². The minimum Gasteiger partial charge on any atom is -0.462 e. The number of carbonyl (C=O) groups excluding carboxylic acids is 1. The van der Waals surface area contributed by atoms with E-state index in [-0.39, 0.29) is 0 Å². The summed E-state index contributed by atoms with van der Waals surface area (Å²) < 4.78 is 42.0. The Bertz CT molecular complexity index is 1090. The van der Waals surface area contributed by atoms with Crippen molar-refractivity contribution in [3.63, 3.8) is 0 Å². The number of ether oxygens (including phenoxy) is 2. The Labute approximate surface area is 191 Å². The third-order valence-electron chi connectivity index (χ3n) is 4.58. The summed E-state index contributed by atoms with van der Waals surface area (Å²) in [5.41, 5.74) is 1.35. The quantitative estimate of drug-likeness (QED) is 0.139. The molecule has 1 aromatic heterocycles. The van der Waals surface area contributed by atoms with Crippen LogP contribution >= 0.6 is 8.18 Å². The van der Waals surface area contributed by atoms with Crippen LogP contribution in [-0.4, -0.2) is 71.6 Å². The molecule has 1 aliphatic rings. The predicted molar refractivity (Wildman–Crippen MR) is 114 cm³/mol. The zero-order valence-electron chi connectivity index (χ0n) is 17.9. The van der Waals surface area contributed by atoms with E-state index in [1.54, 1.807) is 18.8 Å². The minimum atomic E-state index is -2.93. The first kappa shape index (κ1) is 26.9. The molecule has 1 aromatic rings. The lowest BCUT2D eigenvalue weighted by Crippen LogP contribution is -2.58. The highest BCUT2D eigenvalue weighted by atomic mass is 31.1. The summed E-state index contributed by atoms with van der Waals surface area (Å²) >= 11 is 0. The molecule has 16 heteroatoms. The van der Waals surface area contributed by atoms with Gasteiger partial charge in [-0.25, -0.2) is 4.79 Å². The first-order chi connectivity index (χ1) is 15.1. The molecule has 1 fully saturated rings. The largest absolute Gasteiger partial charge is 0.612 e. The number of H-pyrrole nitrogens is 1. The van der Waals surface area contributed by atoms with Crippen LogP contribution in [0.5, 0.6) is 0 Å². The average Bonchev–Trinajstić information content (AvgIpc) is 2.96. The number of aromatic amines is 1. The average molecular weight is 481 g/mol. The fraction of sp³-hybridized carbons (Fsp3) is 0.588. The van der Waals surface area contributed by atoms with Crippen molar-refractivity contribution in [1.29, 1.82) is 0 Å². The second-order valence-electron chi connectivity index (χ2n) is 7.61. The molecule has 6 atom stereocenters. The number of aliphatic hydroxyl groups is 1. The standard InChI is InChI=1S/C17H20B2FN4O8P/c1-5-16(21)10(25)11(31-14(16)24-6-9(20)12(26)22-15(24)28)17(18,19)32-33(29)23-8(4)13(27)30-7(2)3/h1,6-8,10-11,14,25H,21H2,2-4H3,(H-,22,23,26,28,29)/p+1/t8-,10?,11?,14+,16+/m0/s1. The lowest BCUT2D eigenvalue weighted by Gasteiger charge is -2.30. The minimum absolute atomic E-state index is 0.426. The topological polar surface area (TPSA) is 175 Å². The summed E-state index contributed by atoms with van der Waals surface area (Å²) in [6, 6.07) is -1.09. The molecule has 2 rings (SSSR count). The van der Waals surface area contributed by atoms with E-state index in [1.807, 2.05) is 5.92 Å². The third kappa shape index (κ3) is 5.60. The summed E-state index contributed by atoms with van der Waals surface area (Å²) in [5.74, 6) is -0.0692. The van der Waals surface area contributed by atoms with Crippen LogP contribution in [0.2, 0.25) is 0 Å². The van der Waals surface area contributed by atoms with Crippen molar-refractivity contribution in [3.05, 3.63) is 32.9 Å². The molecule has 0 aromatic carbocycles. The maximum Gasteiger partial charge on any atom is 0.612 e. The maximum absolute atomic E-state index is 13.8. The molecule has 1 aliphatic heterocycles. The number of hydrogen-bond acceptors (Lipinski definition) is 9. The smallest absolute Gasteiger partial charge is 0.462 e. The third-order valence-corrected chi connectivity index (χ3v) is 5.66. The highest BCUT2D eigenvalue weighted by Crippen LogP contribution is 2.41. The maximum atomic E-state index is 13.8. The Hall–Kier alpha value is -2.33. The Morgan fingerprint density at radius 3 is 2.67 bits per heavy atom. The van der Waals surface area contributed by atoms with E-state index < -0.39 is 72.7 Å².